The van der Waals surface area contributed by atoms with E-state index in [1.54, 1.807) is 30.3 Å². The number of aliphatic hydroxyl groups is 1. The highest BCUT2D eigenvalue weighted by Gasteiger charge is 2.27. The average Bonchev–Trinajstić information content (AvgIpc) is 3.28. The summed E-state index contributed by atoms with van der Waals surface area (Å²) in [4.78, 5) is 23.5. The van der Waals surface area contributed by atoms with E-state index in [-0.39, 0.29) is 41.3 Å². The minimum atomic E-state index is -1.04. The lowest BCUT2D eigenvalue weighted by atomic mass is 10.0. The van der Waals surface area contributed by atoms with Crippen molar-refractivity contribution in [1.29, 1.82) is 5.41 Å². The number of nitrogens with one attached hydrogen (secondary N) is 3. The number of H-pyrrole nitrogens is 1. The molecule has 13 heteroatoms. The van der Waals surface area contributed by atoms with E-state index < -0.39 is 23.7 Å². The van der Waals surface area contributed by atoms with Crippen LogP contribution in [0.2, 0.25) is 0 Å². The summed E-state index contributed by atoms with van der Waals surface area (Å²) >= 11 is 0. The predicted molar refractivity (Wildman–Crippen MR) is 133 cm³/mol. The number of aromatic nitrogens is 5. The number of hydrogen-bond acceptors (Lipinski definition) is 9. The van der Waals surface area contributed by atoms with Gasteiger partial charge in [0, 0.05) is 35.3 Å². The predicted octanol–water partition coefficient (Wildman–Crippen LogP) is 1.74. The van der Waals surface area contributed by atoms with Crippen LogP contribution in [-0.4, -0.2) is 55.5 Å². The average molecular weight is 509 g/mol. The first-order valence-electron chi connectivity index (χ1n) is 11.1. The zero-order chi connectivity index (χ0) is 26.5. The number of amidine groups is 1. The van der Waals surface area contributed by atoms with Crippen molar-refractivity contribution >= 4 is 11.5 Å². The zero-order valence-corrected chi connectivity index (χ0v) is 20.0. The van der Waals surface area contributed by atoms with Crippen LogP contribution in [0.4, 0.5) is 10.1 Å². The second kappa shape index (κ2) is 10.9. The molecule has 4 rings (SSSR count). The summed E-state index contributed by atoms with van der Waals surface area (Å²) in [6.07, 6.45) is 2.09. The van der Waals surface area contributed by atoms with E-state index in [4.69, 9.17) is 20.6 Å². The Hall–Kier alpha value is -4.78. The molecule has 0 aliphatic heterocycles. The van der Waals surface area contributed by atoms with Crippen molar-refractivity contribution in [1.82, 2.24) is 24.7 Å². The van der Waals surface area contributed by atoms with Crippen molar-refractivity contribution in [2.45, 2.75) is 19.1 Å². The van der Waals surface area contributed by atoms with Gasteiger partial charge < -0.3 is 25.6 Å². The van der Waals surface area contributed by atoms with Gasteiger partial charge >= 0.3 is 5.69 Å². The number of rotatable bonds is 10. The maximum absolute atomic E-state index is 15.8. The molecule has 0 radical (unpaired) electrons. The second-order valence-corrected chi connectivity index (χ2v) is 8.03. The standard InChI is InChI=1S/C24H25FN8O4/c1-13(34)12-37-18-11-16(36-2)10-17(19(18)25)20(30-15-6-4-14(5-7-15)21(26)27)22-31-24(35)33(32-22)23-28-8-3-9-29-23/h3-11,13,20,30,34H,12H2,1-2H3,(H3,26,27)(H,31,32,35)/t13-,20?/m0/s1. The van der Waals surface area contributed by atoms with E-state index >= 15 is 4.39 Å². The fourth-order valence-corrected chi connectivity index (χ4v) is 3.45. The topological polar surface area (TPSA) is 177 Å². The quantitative estimate of drug-likeness (QED) is 0.158. The highest BCUT2D eigenvalue weighted by atomic mass is 19.1. The number of ether oxygens (including phenoxy) is 2. The summed E-state index contributed by atoms with van der Waals surface area (Å²) in [5.74, 6) is -0.627. The highest BCUT2D eigenvalue weighted by molar-refractivity contribution is 5.95. The third-order valence-electron chi connectivity index (χ3n) is 5.22. The minimum Gasteiger partial charge on any atom is -0.497 e. The molecule has 0 bridgehead atoms. The van der Waals surface area contributed by atoms with Crippen LogP contribution in [0.3, 0.4) is 0 Å². The molecule has 0 aliphatic carbocycles. The van der Waals surface area contributed by atoms with Crippen LogP contribution in [0.5, 0.6) is 11.5 Å². The molecule has 2 atom stereocenters. The monoisotopic (exact) mass is 508 g/mol. The second-order valence-electron chi connectivity index (χ2n) is 8.03. The number of nitrogens with two attached hydrogens (primary N) is 1. The Morgan fingerprint density at radius 3 is 2.59 bits per heavy atom. The Balaban J connectivity index is 1.83. The van der Waals surface area contributed by atoms with Gasteiger partial charge in [-0.3, -0.25) is 10.4 Å². The fraction of sp³-hybridized carbons (Fsp3) is 0.208. The van der Waals surface area contributed by atoms with Gasteiger partial charge in [0.15, 0.2) is 17.4 Å². The Morgan fingerprint density at radius 2 is 1.97 bits per heavy atom. The van der Waals surface area contributed by atoms with E-state index in [1.165, 1.54) is 38.6 Å². The number of anilines is 1. The van der Waals surface area contributed by atoms with E-state index in [0.717, 1.165) is 4.68 Å². The smallest absolute Gasteiger partial charge is 0.350 e. The first-order valence-corrected chi connectivity index (χ1v) is 11.1. The number of hydrogen-bond donors (Lipinski definition) is 5. The first-order chi connectivity index (χ1) is 17.8. The molecule has 37 heavy (non-hydrogen) atoms. The molecule has 0 saturated heterocycles. The summed E-state index contributed by atoms with van der Waals surface area (Å²) in [5, 5.41) is 24.7. The lowest BCUT2D eigenvalue weighted by molar-refractivity contribution is 0.120. The van der Waals surface area contributed by atoms with Crippen LogP contribution < -0.4 is 26.2 Å². The van der Waals surface area contributed by atoms with Crippen molar-refractivity contribution in [2.24, 2.45) is 5.73 Å². The highest BCUT2D eigenvalue weighted by Crippen LogP contribution is 2.35. The normalized spacial score (nSPS) is 12.5. The van der Waals surface area contributed by atoms with Gasteiger partial charge in [0.2, 0.25) is 0 Å². The molecule has 2 aromatic carbocycles. The largest absolute Gasteiger partial charge is 0.497 e. The van der Waals surface area contributed by atoms with E-state index in [2.05, 4.69) is 25.4 Å². The number of aromatic amines is 1. The molecule has 1 unspecified atom stereocenters. The Labute approximate surface area is 210 Å². The molecule has 0 fully saturated rings. The zero-order valence-electron chi connectivity index (χ0n) is 20.0. The molecule has 0 spiro atoms. The van der Waals surface area contributed by atoms with Gasteiger partial charge in [-0.25, -0.2) is 19.2 Å². The van der Waals surface area contributed by atoms with Gasteiger partial charge in [-0.15, -0.1) is 9.78 Å². The third-order valence-corrected chi connectivity index (χ3v) is 5.22. The summed E-state index contributed by atoms with van der Waals surface area (Å²) in [6, 6.07) is 9.92. The summed E-state index contributed by atoms with van der Waals surface area (Å²) in [6.45, 7) is 1.36. The van der Waals surface area contributed by atoms with E-state index in [1.807, 2.05) is 0 Å². The maximum Gasteiger partial charge on any atom is 0.350 e. The summed E-state index contributed by atoms with van der Waals surface area (Å²) in [7, 11) is 1.42. The third kappa shape index (κ3) is 5.73. The molecule has 6 N–H and O–H groups in total. The minimum absolute atomic E-state index is 0.0339. The molecule has 2 aromatic heterocycles. The van der Waals surface area contributed by atoms with Crippen molar-refractivity contribution in [2.75, 3.05) is 19.0 Å². The Bertz CT molecular complexity index is 1440. The Kier molecular flexibility index (Phi) is 7.44. The number of nitrogens with zero attached hydrogens (tertiary/aromatic N) is 4. The number of methoxy groups -OCH3 is 1. The van der Waals surface area contributed by atoms with Crippen LogP contribution >= 0.6 is 0 Å². The molecule has 0 amide bonds. The number of halogens is 1. The van der Waals surface area contributed by atoms with Gasteiger partial charge in [-0.2, -0.15) is 0 Å². The van der Waals surface area contributed by atoms with Gasteiger partial charge in [0.1, 0.15) is 24.2 Å². The molecular weight excluding hydrogens is 483 g/mol. The van der Waals surface area contributed by atoms with Crippen molar-refractivity contribution in [3.05, 3.63) is 88.1 Å². The van der Waals surface area contributed by atoms with Crippen LogP contribution in [0.15, 0.2) is 59.7 Å². The van der Waals surface area contributed by atoms with Gasteiger partial charge in [0.05, 0.1) is 13.2 Å². The van der Waals surface area contributed by atoms with Crippen LogP contribution in [0.25, 0.3) is 5.95 Å². The van der Waals surface area contributed by atoms with Crippen molar-refractivity contribution in [3.63, 3.8) is 0 Å². The summed E-state index contributed by atoms with van der Waals surface area (Å²) < 4.78 is 27.6. The van der Waals surface area contributed by atoms with Gasteiger partial charge in [-0.05, 0) is 43.3 Å². The fourth-order valence-electron chi connectivity index (χ4n) is 3.45. The Morgan fingerprint density at radius 1 is 1.27 bits per heavy atom. The van der Waals surface area contributed by atoms with Gasteiger partial charge in [0.25, 0.3) is 5.95 Å². The lowest BCUT2D eigenvalue weighted by Gasteiger charge is -2.21. The van der Waals surface area contributed by atoms with E-state index in [0.29, 0.717) is 11.3 Å². The number of nitrogen functional groups attached to an aromatic ring is 1. The number of aliphatic hydroxyl groups excluding tert-OH is 1. The molecule has 2 heterocycles. The maximum atomic E-state index is 15.8. The first kappa shape index (κ1) is 25.3. The molecule has 12 nitrogen and oxygen atoms in total. The molecule has 192 valence electrons. The molecule has 0 saturated carbocycles. The molecule has 0 aliphatic rings. The molecule has 4 aromatic rings. The van der Waals surface area contributed by atoms with Gasteiger partial charge in [-0.1, -0.05) is 0 Å². The van der Waals surface area contributed by atoms with Crippen LogP contribution in [-0.2, 0) is 0 Å². The van der Waals surface area contributed by atoms with Crippen molar-refractivity contribution < 1.29 is 19.0 Å². The lowest BCUT2D eigenvalue weighted by Crippen LogP contribution is -2.19. The summed E-state index contributed by atoms with van der Waals surface area (Å²) in [5.41, 5.74) is 5.98. The molecular formula is C24H25FN8O4. The van der Waals surface area contributed by atoms with Crippen LogP contribution in [0.1, 0.15) is 29.9 Å². The number of benzene rings is 2. The van der Waals surface area contributed by atoms with E-state index in [9.17, 15) is 9.90 Å². The van der Waals surface area contributed by atoms with Crippen LogP contribution in [0, 0.1) is 11.2 Å². The SMILES string of the molecule is COc1cc(OC[C@H](C)O)c(F)c(C(Nc2ccc(C(=N)N)cc2)c2nn(-c3ncccn3)c(=O)[nH]2)c1. The van der Waals surface area contributed by atoms with Crippen molar-refractivity contribution in [3.8, 4) is 17.4 Å².